The quantitative estimate of drug-likeness (QED) is 0.793. The number of carbonyl (C=O) groups excluding carboxylic acids is 1. The molecule has 134 valence electrons. The molecule has 4 rings (SSSR count). The van der Waals surface area contributed by atoms with E-state index in [1.165, 1.54) is 0 Å². The standard InChI is InChI=1S/C20H26N2O3/c1-20(10-4-2-5-11-20)19(23)22-13-14-24-18-15(22)8-9-16(18)25-17-7-3-6-12-21-17/h2-4,6-7,12,15-16,18H,5,8-11,13-14H2,1H3/t15-,16-,18+,20?/m0/s1. The predicted molar refractivity (Wildman–Crippen MR) is 94.2 cm³/mol. The number of rotatable bonds is 3. The lowest BCUT2D eigenvalue weighted by Crippen LogP contribution is -2.57. The first kappa shape index (κ1) is 16.6. The van der Waals surface area contributed by atoms with Crippen molar-refractivity contribution >= 4 is 5.91 Å². The number of allylic oxidation sites excluding steroid dienone is 2. The summed E-state index contributed by atoms with van der Waals surface area (Å²) in [5, 5.41) is 0. The zero-order chi connectivity index (χ0) is 17.3. The van der Waals surface area contributed by atoms with E-state index in [9.17, 15) is 4.79 Å². The average molecular weight is 342 g/mol. The number of morpholine rings is 1. The molecule has 1 aromatic heterocycles. The Balaban J connectivity index is 1.47. The van der Waals surface area contributed by atoms with Gasteiger partial charge >= 0.3 is 0 Å². The number of aromatic nitrogens is 1. The van der Waals surface area contributed by atoms with Crippen molar-refractivity contribution in [1.82, 2.24) is 9.88 Å². The lowest BCUT2D eigenvalue weighted by molar-refractivity contribution is -0.157. The van der Waals surface area contributed by atoms with Crippen molar-refractivity contribution in [2.24, 2.45) is 5.41 Å². The molecular weight excluding hydrogens is 316 g/mol. The van der Waals surface area contributed by atoms with Gasteiger partial charge in [-0.3, -0.25) is 4.79 Å². The van der Waals surface area contributed by atoms with E-state index in [1.54, 1.807) is 6.20 Å². The Bertz CT molecular complexity index is 648. The second-order valence-electron chi connectivity index (χ2n) is 7.58. The number of hydrogen-bond acceptors (Lipinski definition) is 4. The van der Waals surface area contributed by atoms with E-state index in [2.05, 4.69) is 29.0 Å². The molecular formula is C20H26N2O3. The fourth-order valence-corrected chi connectivity index (χ4v) is 4.37. The number of carbonyl (C=O) groups is 1. The van der Waals surface area contributed by atoms with Crippen LogP contribution in [-0.4, -0.2) is 47.2 Å². The largest absolute Gasteiger partial charge is 0.471 e. The second kappa shape index (κ2) is 6.79. The Morgan fingerprint density at radius 2 is 2.28 bits per heavy atom. The molecule has 1 saturated carbocycles. The number of hydrogen-bond donors (Lipinski definition) is 0. The van der Waals surface area contributed by atoms with Crippen LogP contribution in [0, 0.1) is 5.41 Å². The third-order valence-electron chi connectivity index (χ3n) is 5.82. The molecule has 2 heterocycles. The van der Waals surface area contributed by atoms with Gasteiger partial charge in [-0.25, -0.2) is 4.98 Å². The monoisotopic (exact) mass is 342 g/mol. The summed E-state index contributed by atoms with van der Waals surface area (Å²) < 4.78 is 12.1. The molecule has 2 aliphatic carbocycles. The molecule has 0 bridgehead atoms. The van der Waals surface area contributed by atoms with E-state index in [0.29, 0.717) is 19.0 Å². The van der Waals surface area contributed by atoms with Crippen molar-refractivity contribution in [3.05, 3.63) is 36.5 Å². The van der Waals surface area contributed by atoms with E-state index < -0.39 is 0 Å². The molecule has 2 fully saturated rings. The fraction of sp³-hybridized carbons (Fsp3) is 0.600. The molecule has 5 heteroatoms. The normalized spacial score (nSPS) is 34.6. The van der Waals surface area contributed by atoms with E-state index in [1.807, 2.05) is 18.2 Å². The summed E-state index contributed by atoms with van der Waals surface area (Å²) in [4.78, 5) is 19.6. The number of pyridine rings is 1. The van der Waals surface area contributed by atoms with Crippen molar-refractivity contribution in [1.29, 1.82) is 0 Å². The highest BCUT2D eigenvalue weighted by Gasteiger charge is 2.48. The molecule has 25 heavy (non-hydrogen) atoms. The molecule has 1 unspecified atom stereocenters. The Morgan fingerprint density at radius 1 is 1.36 bits per heavy atom. The summed E-state index contributed by atoms with van der Waals surface area (Å²) in [6.07, 6.45) is 10.6. The molecule has 4 atom stereocenters. The minimum Gasteiger partial charge on any atom is -0.471 e. The average Bonchev–Trinajstić information content (AvgIpc) is 3.06. The van der Waals surface area contributed by atoms with Gasteiger partial charge in [0.2, 0.25) is 11.8 Å². The Kier molecular flexibility index (Phi) is 4.50. The molecule has 3 aliphatic rings. The minimum absolute atomic E-state index is 0.0328. The van der Waals surface area contributed by atoms with Gasteiger partial charge in [-0.15, -0.1) is 0 Å². The lowest BCUT2D eigenvalue weighted by atomic mass is 9.77. The summed E-state index contributed by atoms with van der Waals surface area (Å²) in [5.41, 5.74) is -0.267. The number of ether oxygens (including phenoxy) is 2. The van der Waals surface area contributed by atoms with Gasteiger partial charge in [-0.2, -0.15) is 0 Å². The SMILES string of the molecule is CC1(C(=O)N2CCO[C@H]3[C@@H](Oc4ccccn4)CC[C@@H]32)CC=CCC1. The molecule has 1 aliphatic heterocycles. The van der Waals surface area contributed by atoms with Crippen LogP contribution in [-0.2, 0) is 9.53 Å². The Labute approximate surface area is 149 Å². The third kappa shape index (κ3) is 3.17. The lowest BCUT2D eigenvalue weighted by Gasteiger charge is -2.43. The first-order valence-electron chi connectivity index (χ1n) is 9.33. The Morgan fingerprint density at radius 3 is 3.04 bits per heavy atom. The molecule has 0 spiro atoms. The van der Waals surface area contributed by atoms with Crippen LogP contribution in [0.5, 0.6) is 5.88 Å². The van der Waals surface area contributed by atoms with Gasteiger partial charge < -0.3 is 14.4 Å². The van der Waals surface area contributed by atoms with Gasteiger partial charge in [0.25, 0.3) is 0 Å². The van der Waals surface area contributed by atoms with Gasteiger partial charge in [0, 0.05) is 18.8 Å². The summed E-state index contributed by atoms with van der Waals surface area (Å²) in [6.45, 7) is 3.39. The van der Waals surface area contributed by atoms with Crippen LogP contribution in [0.25, 0.3) is 0 Å². The number of fused-ring (bicyclic) bond motifs is 1. The van der Waals surface area contributed by atoms with Crippen molar-refractivity contribution in [3.8, 4) is 5.88 Å². The molecule has 0 radical (unpaired) electrons. The van der Waals surface area contributed by atoms with Crippen molar-refractivity contribution in [3.63, 3.8) is 0 Å². The van der Waals surface area contributed by atoms with Crippen LogP contribution in [0.4, 0.5) is 0 Å². The molecule has 5 nitrogen and oxygen atoms in total. The van der Waals surface area contributed by atoms with E-state index in [4.69, 9.17) is 9.47 Å². The van der Waals surface area contributed by atoms with Crippen molar-refractivity contribution in [2.75, 3.05) is 13.2 Å². The van der Waals surface area contributed by atoms with Gasteiger partial charge in [0.05, 0.1) is 18.1 Å². The smallest absolute Gasteiger partial charge is 0.229 e. The minimum atomic E-state index is -0.267. The highest BCUT2D eigenvalue weighted by molar-refractivity contribution is 5.83. The van der Waals surface area contributed by atoms with Crippen LogP contribution in [0.2, 0.25) is 0 Å². The van der Waals surface area contributed by atoms with Crippen molar-refractivity contribution in [2.45, 2.75) is 57.3 Å². The Hall–Kier alpha value is -1.88. The van der Waals surface area contributed by atoms with Crippen LogP contribution in [0.15, 0.2) is 36.5 Å². The molecule has 0 N–H and O–H groups in total. The first-order chi connectivity index (χ1) is 12.2. The summed E-state index contributed by atoms with van der Waals surface area (Å²) in [6, 6.07) is 5.79. The molecule has 1 saturated heterocycles. The third-order valence-corrected chi connectivity index (χ3v) is 5.82. The number of amides is 1. The maximum absolute atomic E-state index is 13.3. The topological polar surface area (TPSA) is 51.7 Å². The zero-order valence-electron chi connectivity index (χ0n) is 14.8. The number of nitrogens with zero attached hydrogens (tertiary/aromatic N) is 2. The summed E-state index contributed by atoms with van der Waals surface area (Å²) in [5.74, 6) is 0.915. The van der Waals surface area contributed by atoms with Crippen molar-refractivity contribution < 1.29 is 14.3 Å². The van der Waals surface area contributed by atoms with E-state index in [-0.39, 0.29) is 29.6 Å². The van der Waals surface area contributed by atoms with Crippen LogP contribution >= 0.6 is 0 Å². The predicted octanol–water partition coefficient (Wildman–Crippen LogP) is 2.97. The van der Waals surface area contributed by atoms with E-state index in [0.717, 1.165) is 32.1 Å². The fourth-order valence-electron chi connectivity index (χ4n) is 4.37. The van der Waals surface area contributed by atoms with Gasteiger partial charge in [-0.05, 0) is 38.2 Å². The van der Waals surface area contributed by atoms with Crippen LogP contribution in [0.3, 0.4) is 0 Å². The molecule has 1 amide bonds. The van der Waals surface area contributed by atoms with Crippen LogP contribution in [0.1, 0.15) is 39.0 Å². The summed E-state index contributed by atoms with van der Waals surface area (Å²) >= 11 is 0. The first-order valence-corrected chi connectivity index (χ1v) is 9.33. The second-order valence-corrected chi connectivity index (χ2v) is 7.58. The van der Waals surface area contributed by atoms with Gasteiger partial charge in [0.1, 0.15) is 12.2 Å². The van der Waals surface area contributed by atoms with E-state index >= 15 is 0 Å². The van der Waals surface area contributed by atoms with Crippen LogP contribution < -0.4 is 4.74 Å². The highest BCUT2D eigenvalue weighted by Crippen LogP contribution is 2.39. The zero-order valence-corrected chi connectivity index (χ0v) is 14.8. The summed E-state index contributed by atoms with van der Waals surface area (Å²) in [7, 11) is 0. The van der Waals surface area contributed by atoms with Gasteiger partial charge in [0.15, 0.2) is 0 Å². The molecule has 0 aromatic carbocycles. The molecule has 1 aromatic rings. The van der Waals surface area contributed by atoms with Gasteiger partial charge in [-0.1, -0.05) is 25.1 Å². The highest BCUT2D eigenvalue weighted by atomic mass is 16.5. The maximum atomic E-state index is 13.3. The maximum Gasteiger partial charge on any atom is 0.229 e.